The number of likely N-dealkylation sites (tertiary alicyclic amines) is 1. The first-order valence-electron chi connectivity index (χ1n) is 9.95. The molecule has 3 nitrogen and oxygen atoms in total. The van der Waals surface area contributed by atoms with Crippen LogP contribution in [0.1, 0.15) is 41.6 Å². The second kappa shape index (κ2) is 6.24. The summed E-state index contributed by atoms with van der Waals surface area (Å²) in [5, 5.41) is 0. The molecule has 3 aliphatic rings. The van der Waals surface area contributed by atoms with Crippen molar-refractivity contribution in [3.05, 3.63) is 65.7 Å². The third-order valence-corrected chi connectivity index (χ3v) is 6.44. The summed E-state index contributed by atoms with van der Waals surface area (Å²) in [5.41, 5.74) is 3.34. The average Bonchev–Trinajstić information content (AvgIpc) is 3.43. The molecule has 0 N–H and O–H groups in total. The highest BCUT2D eigenvalue weighted by molar-refractivity contribution is 6.07. The van der Waals surface area contributed by atoms with E-state index in [9.17, 15) is 4.79 Å². The molecular weight excluding hydrogens is 320 g/mol. The first kappa shape index (κ1) is 16.1. The van der Waals surface area contributed by atoms with E-state index in [4.69, 9.17) is 0 Å². The summed E-state index contributed by atoms with van der Waals surface area (Å²) >= 11 is 0. The third kappa shape index (κ3) is 2.75. The Balaban J connectivity index is 1.52. The summed E-state index contributed by atoms with van der Waals surface area (Å²) in [4.78, 5) is 18.1. The minimum Gasteiger partial charge on any atom is -0.306 e. The molecule has 1 saturated carbocycles. The lowest BCUT2D eigenvalue weighted by Gasteiger charge is -2.47. The van der Waals surface area contributed by atoms with E-state index in [1.807, 2.05) is 30.3 Å². The van der Waals surface area contributed by atoms with Crippen LogP contribution in [0.4, 0.5) is 5.69 Å². The number of benzene rings is 2. The van der Waals surface area contributed by atoms with Crippen LogP contribution in [-0.2, 0) is 6.42 Å². The highest BCUT2D eigenvalue weighted by Crippen LogP contribution is 2.43. The van der Waals surface area contributed by atoms with E-state index in [2.05, 4.69) is 34.1 Å². The number of hydrogen-bond donors (Lipinski definition) is 0. The predicted octanol–water partition coefficient (Wildman–Crippen LogP) is 4.13. The van der Waals surface area contributed by atoms with Crippen LogP contribution in [0.3, 0.4) is 0 Å². The van der Waals surface area contributed by atoms with Crippen molar-refractivity contribution in [1.29, 1.82) is 0 Å². The summed E-state index contributed by atoms with van der Waals surface area (Å²) in [6.07, 6.45) is 6.30. The van der Waals surface area contributed by atoms with E-state index in [1.54, 1.807) is 0 Å². The fraction of sp³-hybridized carbons (Fsp3) is 0.435. The highest BCUT2D eigenvalue weighted by atomic mass is 16.2. The van der Waals surface area contributed by atoms with Gasteiger partial charge in [0.25, 0.3) is 5.91 Å². The standard InChI is InChI=1S/C23H26N2O/c26-22(19-7-2-1-3-8-19)25-17-23(15-20-9-4-5-10-21(20)25)13-6-14-24(23)16-18-11-12-18/h1-5,7-10,18H,6,11-17H2. The van der Waals surface area contributed by atoms with E-state index in [0.29, 0.717) is 0 Å². The zero-order valence-corrected chi connectivity index (χ0v) is 15.2. The summed E-state index contributed by atoms with van der Waals surface area (Å²) in [7, 11) is 0. The number of carbonyl (C=O) groups excluding carboxylic acids is 1. The van der Waals surface area contributed by atoms with Crippen molar-refractivity contribution in [2.75, 3.05) is 24.5 Å². The molecule has 134 valence electrons. The maximum atomic E-state index is 13.4. The van der Waals surface area contributed by atoms with Crippen LogP contribution in [-0.4, -0.2) is 36.0 Å². The Kier molecular flexibility index (Phi) is 3.86. The number of rotatable bonds is 3. The van der Waals surface area contributed by atoms with E-state index < -0.39 is 0 Å². The van der Waals surface area contributed by atoms with E-state index in [1.165, 1.54) is 44.3 Å². The molecule has 1 aliphatic carbocycles. The number of para-hydroxylation sites is 1. The average molecular weight is 346 g/mol. The fourth-order valence-corrected chi connectivity index (χ4v) is 4.90. The lowest BCUT2D eigenvalue weighted by molar-refractivity contribution is 0.0920. The van der Waals surface area contributed by atoms with Crippen LogP contribution >= 0.6 is 0 Å². The summed E-state index contributed by atoms with van der Waals surface area (Å²) in [5.74, 6) is 1.02. The number of anilines is 1. The third-order valence-electron chi connectivity index (χ3n) is 6.44. The van der Waals surface area contributed by atoms with Crippen LogP contribution in [0, 0.1) is 5.92 Å². The molecule has 2 aromatic carbocycles. The Morgan fingerprint density at radius 2 is 1.81 bits per heavy atom. The first-order valence-corrected chi connectivity index (χ1v) is 9.95. The molecule has 5 rings (SSSR count). The Labute approximate surface area is 155 Å². The number of carbonyl (C=O) groups is 1. The monoisotopic (exact) mass is 346 g/mol. The summed E-state index contributed by atoms with van der Waals surface area (Å²) in [6.45, 7) is 3.23. The molecule has 0 bridgehead atoms. The zero-order chi connectivity index (χ0) is 17.6. The van der Waals surface area contributed by atoms with Crippen molar-refractivity contribution < 1.29 is 4.79 Å². The molecular formula is C23H26N2O. The van der Waals surface area contributed by atoms with Gasteiger partial charge in [-0.25, -0.2) is 0 Å². The number of fused-ring (bicyclic) bond motifs is 1. The largest absolute Gasteiger partial charge is 0.306 e. The zero-order valence-electron chi connectivity index (χ0n) is 15.2. The Bertz CT molecular complexity index is 814. The van der Waals surface area contributed by atoms with Gasteiger partial charge in [-0.05, 0) is 68.3 Å². The summed E-state index contributed by atoms with van der Waals surface area (Å²) < 4.78 is 0. The Morgan fingerprint density at radius 3 is 2.62 bits per heavy atom. The van der Waals surface area contributed by atoms with Gasteiger partial charge in [0.15, 0.2) is 0 Å². The number of nitrogens with zero attached hydrogens (tertiary/aromatic N) is 2. The SMILES string of the molecule is O=C(c1ccccc1)N1CC2(CCCN2CC2CC2)Cc2ccccc21. The van der Waals surface area contributed by atoms with Crippen molar-refractivity contribution in [1.82, 2.24) is 4.90 Å². The molecule has 2 heterocycles. The van der Waals surface area contributed by atoms with Crippen LogP contribution in [0.15, 0.2) is 54.6 Å². The van der Waals surface area contributed by atoms with Crippen LogP contribution < -0.4 is 4.90 Å². The van der Waals surface area contributed by atoms with Gasteiger partial charge >= 0.3 is 0 Å². The van der Waals surface area contributed by atoms with E-state index >= 15 is 0 Å². The minimum atomic E-state index is 0.126. The van der Waals surface area contributed by atoms with Crippen molar-refractivity contribution in [2.24, 2.45) is 5.92 Å². The molecule has 0 radical (unpaired) electrons. The molecule has 1 spiro atoms. The molecule has 1 saturated heterocycles. The van der Waals surface area contributed by atoms with Crippen molar-refractivity contribution in [3.63, 3.8) is 0 Å². The van der Waals surface area contributed by atoms with Crippen molar-refractivity contribution in [2.45, 2.75) is 37.6 Å². The van der Waals surface area contributed by atoms with Gasteiger partial charge in [0, 0.05) is 29.9 Å². The lowest BCUT2D eigenvalue weighted by Crippen LogP contribution is -2.58. The molecule has 1 atom stereocenters. The minimum absolute atomic E-state index is 0.126. The first-order chi connectivity index (χ1) is 12.8. The molecule has 2 fully saturated rings. The van der Waals surface area contributed by atoms with Crippen LogP contribution in [0.25, 0.3) is 0 Å². The van der Waals surface area contributed by atoms with Gasteiger partial charge in [0.2, 0.25) is 0 Å². The van der Waals surface area contributed by atoms with Crippen LogP contribution in [0.5, 0.6) is 0 Å². The molecule has 1 unspecified atom stereocenters. The van der Waals surface area contributed by atoms with Gasteiger partial charge in [0.05, 0.1) is 0 Å². The highest BCUT2D eigenvalue weighted by Gasteiger charge is 2.47. The van der Waals surface area contributed by atoms with Crippen LogP contribution in [0.2, 0.25) is 0 Å². The topological polar surface area (TPSA) is 23.6 Å². The Morgan fingerprint density at radius 1 is 1.04 bits per heavy atom. The number of hydrogen-bond acceptors (Lipinski definition) is 2. The number of amides is 1. The fourth-order valence-electron chi connectivity index (χ4n) is 4.90. The van der Waals surface area contributed by atoms with E-state index in [-0.39, 0.29) is 11.4 Å². The van der Waals surface area contributed by atoms with Gasteiger partial charge in [0.1, 0.15) is 0 Å². The van der Waals surface area contributed by atoms with Crippen molar-refractivity contribution >= 4 is 11.6 Å². The molecule has 1 amide bonds. The van der Waals surface area contributed by atoms with Gasteiger partial charge in [-0.3, -0.25) is 9.69 Å². The molecule has 2 aromatic rings. The van der Waals surface area contributed by atoms with Gasteiger partial charge in [-0.2, -0.15) is 0 Å². The maximum Gasteiger partial charge on any atom is 0.258 e. The maximum absolute atomic E-state index is 13.4. The molecule has 3 heteroatoms. The summed E-state index contributed by atoms with van der Waals surface area (Å²) in [6, 6.07) is 18.2. The second-order valence-corrected chi connectivity index (χ2v) is 8.28. The van der Waals surface area contributed by atoms with Crippen molar-refractivity contribution in [3.8, 4) is 0 Å². The smallest absolute Gasteiger partial charge is 0.258 e. The lowest BCUT2D eigenvalue weighted by atomic mass is 9.82. The van der Waals surface area contributed by atoms with Gasteiger partial charge < -0.3 is 4.90 Å². The molecule has 2 aliphatic heterocycles. The Hall–Kier alpha value is -2.13. The van der Waals surface area contributed by atoms with Gasteiger partial charge in [-0.1, -0.05) is 36.4 Å². The molecule has 26 heavy (non-hydrogen) atoms. The predicted molar refractivity (Wildman–Crippen MR) is 105 cm³/mol. The van der Waals surface area contributed by atoms with Gasteiger partial charge in [-0.15, -0.1) is 0 Å². The molecule has 0 aromatic heterocycles. The quantitative estimate of drug-likeness (QED) is 0.834. The van der Waals surface area contributed by atoms with E-state index in [0.717, 1.165) is 30.1 Å². The normalized spacial score (nSPS) is 25.5. The second-order valence-electron chi connectivity index (χ2n) is 8.28.